The third-order valence-corrected chi connectivity index (χ3v) is 3.37. The molecule has 0 saturated heterocycles. The summed E-state index contributed by atoms with van der Waals surface area (Å²) >= 11 is 3.51. The van der Waals surface area contributed by atoms with Gasteiger partial charge in [-0.3, -0.25) is 4.79 Å². The first-order chi connectivity index (χ1) is 8.90. The number of nitrogens with two attached hydrogens (primary N) is 1. The van der Waals surface area contributed by atoms with E-state index in [0.29, 0.717) is 11.7 Å². The molecule has 1 amide bonds. The van der Waals surface area contributed by atoms with Crippen LogP contribution in [0.25, 0.3) is 0 Å². The van der Waals surface area contributed by atoms with Gasteiger partial charge in [-0.2, -0.15) is 0 Å². The molecule has 0 fully saturated rings. The van der Waals surface area contributed by atoms with E-state index in [1.807, 2.05) is 18.2 Å². The predicted molar refractivity (Wildman–Crippen MR) is 80.0 cm³/mol. The highest BCUT2D eigenvalue weighted by molar-refractivity contribution is 9.10. The van der Waals surface area contributed by atoms with E-state index in [1.54, 1.807) is 6.92 Å². The van der Waals surface area contributed by atoms with Gasteiger partial charge in [0, 0.05) is 11.0 Å². The average molecular weight is 329 g/mol. The molecule has 0 spiro atoms. The van der Waals surface area contributed by atoms with E-state index in [2.05, 4.69) is 35.1 Å². The van der Waals surface area contributed by atoms with E-state index >= 15 is 0 Å². The van der Waals surface area contributed by atoms with Crippen molar-refractivity contribution < 1.29 is 9.53 Å². The molecule has 0 aromatic heterocycles. The van der Waals surface area contributed by atoms with E-state index in [9.17, 15) is 4.79 Å². The normalized spacial score (nSPS) is 12.5. The molecule has 0 saturated carbocycles. The molecule has 19 heavy (non-hydrogen) atoms. The van der Waals surface area contributed by atoms with Crippen LogP contribution >= 0.6 is 15.9 Å². The van der Waals surface area contributed by atoms with Crippen LogP contribution in [0.2, 0.25) is 0 Å². The fraction of sp³-hybridized carbons (Fsp3) is 0.500. The van der Waals surface area contributed by atoms with Crippen molar-refractivity contribution in [2.75, 3.05) is 6.54 Å². The van der Waals surface area contributed by atoms with Crippen molar-refractivity contribution in [2.45, 2.75) is 33.4 Å². The lowest BCUT2D eigenvalue weighted by Gasteiger charge is -2.14. The van der Waals surface area contributed by atoms with Gasteiger partial charge in [-0.25, -0.2) is 0 Å². The Morgan fingerprint density at radius 3 is 2.68 bits per heavy atom. The van der Waals surface area contributed by atoms with Crippen LogP contribution in [0.5, 0.6) is 5.75 Å². The summed E-state index contributed by atoms with van der Waals surface area (Å²) in [6.45, 7) is 7.67. The highest BCUT2D eigenvalue weighted by Gasteiger charge is 2.11. The quantitative estimate of drug-likeness (QED) is 0.808. The SMILES string of the molecule is CC(C)CNCc1cc(OC(C)C(N)=O)ccc1Br. The Morgan fingerprint density at radius 1 is 1.42 bits per heavy atom. The molecule has 0 aliphatic rings. The van der Waals surface area contributed by atoms with Crippen molar-refractivity contribution in [1.82, 2.24) is 5.32 Å². The summed E-state index contributed by atoms with van der Waals surface area (Å²) in [4.78, 5) is 11.0. The van der Waals surface area contributed by atoms with E-state index < -0.39 is 12.0 Å². The maximum absolute atomic E-state index is 11.0. The van der Waals surface area contributed by atoms with E-state index in [-0.39, 0.29) is 0 Å². The van der Waals surface area contributed by atoms with Gasteiger partial charge >= 0.3 is 0 Å². The van der Waals surface area contributed by atoms with Gasteiger partial charge in [-0.1, -0.05) is 29.8 Å². The molecule has 0 heterocycles. The van der Waals surface area contributed by atoms with Gasteiger partial charge in [0.15, 0.2) is 6.10 Å². The summed E-state index contributed by atoms with van der Waals surface area (Å²) in [6, 6.07) is 5.64. The second-order valence-electron chi connectivity index (χ2n) is 4.94. The second-order valence-corrected chi connectivity index (χ2v) is 5.79. The van der Waals surface area contributed by atoms with Crippen LogP contribution in [0, 0.1) is 5.92 Å². The lowest BCUT2D eigenvalue weighted by atomic mass is 10.2. The van der Waals surface area contributed by atoms with Gasteiger partial charge in [0.2, 0.25) is 0 Å². The molecule has 0 radical (unpaired) electrons. The fourth-order valence-corrected chi connectivity index (χ4v) is 1.90. The molecule has 1 rings (SSSR count). The standard InChI is InChI=1S/C14H21BrN2O2/c1-9(2)7-17-8-11-6-12(4-5-13(11)15)19-10(3)14(16)18/h4-6,9-10,17H,7-8H2,1-3H3,(H2,16,18). The minimum Gasteiger partial charge on any atom is -0.481 e. The van der Waals surface area contributed by atoms with E-state index in [4.69, 9.17) is 10.5 Å². The maximum atomic E-state index is 11.0. The monoisotopic (exact) mass is 328 g/mol. The molecule has 0 bridgehead atoms. The lowest BCUT2D eigenvalue weighted by molar-refractivity contribution is -0.123. The highest BCUT2D eigenvalue weighted by atomic mass is 79.9. The Kier molecular flexibility index (Phi) is 6.31. The van der Waals surface area contributed by atoms with Crippen LogP contribution in [0.1, 0.15) is 26.3 Å². The third kappa shape index (κ3) is 5.61. The first kappa shape index (κ1) is 16.0. The summed E-state index contributed by atoms with van der Waals surface area (Å²) in [5.41, 5.74) is 6.27. The lowest BCUT2D eigenvalue weighted by Crippen LogP contribution is -2.30. The summed E-state index contributed by atoms with van der Waals surface area (Å²) in [6.07, 6.45) is -0.627. The number of primary amides is 1. The van der Waals surface area contributed by atoms with Crippen molar-refractivity contribution in [3.63, 3.8) is 0 Å². The number of carbonyl (C=O) groups is 1. The van der Waals surface area contributed by atoms with Crippen molar-refractivity contribution in [3.05, 3.63) is 28.2 Å². The number of carbonyl (C=O) groups excluding carboxylic acids is 1. The first-order valence-corrected chi connectivity index (χ1v) is 7.14. The smallest absolute Gasteiger partial charge is 0.258 e. The summed E-state index contributed by atoms with van der Waals surface area (Å²) in [5.74, 6) is 0.784. The number of amides is 1. The van der Waals surface area contributed by atoms with Crippen molar-refractivity contribution in [1.29, 1.82) is 0 Å². The largest absolute Gasteiger partial charge is 0.481 e. The van der Waals surface area contributed by atoms with Crippen LogP contribution in [-0.4, -0.2) is 18.6 Å². The summed E-state index contributed by atoms with van der Waals surface area (Å²) in [5, 5.41) is 3.37. The van der Waals surface area contributed by atoms with Crippen LogP contribution < -0.4 is 15.8 Å². The molecule has 106 valence electrons. The van der Waals surface area contributed by atoms with Gasteiger partial charge < -0.3 is 15.8 Å². The number of hydrogen-bond acceptors (Lipinski definition) is 3. The minimum absolute atomic E-state index is 0.470. The number of nitrogens with one attached hydrogen (secondary N) is 1. The van der Waals surface area contributed by atoms with Crippen molar-refractivity contribution in [2.24, 2.45) is 11.7 Å². The zero-order chi connectivity index (χ0) is 14.4. The van der Waals surface area contributed by atoms with Crippen molar-refractivity contribution in [3.8, 4) is 5.75 Å². The van der Waals surface area contributed by atoms with Crippen LogP contribution in [0.4, 0.5) is 0 Å². The van der Waals surface area contributed by atoms with Gasteiger partial charge in [0.25, 0.3) is 5.91 Å². The third-order valence-electron chi connectivity index (χ3n) is 2.60. The van der Waals surface area contributed by atoms with Crippen LogP contribution in [-0.2, 0) is 11.3 Å². The van der Waals surface area contributed by atoms with Gasteiger partial charge in [-0.05, 0) is 43.1 Å². The molecule has 3 N–H and O–H groups in total. The van der Waals surface area contributed by atoms with Gasteiger partial charge in [0.05, 0.1) is 0 Å². The highest BCUT2D eigenvalue weighted by Crippen LogP contribution is 2.23. The molecule has 0 aliphatic carbocycles. The topological polar surface area (TPSA) is 64.3 Å². The first-order valence-electron chi connectivity index (χ1n) is 6.35. The maximum Gasteiger partial charge on any atom is 0.258 e. The number of ether oxygens (including phenoxy) is 1. The Balaban J connectivity index is 2.68. The van der Waals surface area contributed by atoms with E-state index in [1.165, 1.54) is 0 Å². The van der Waals surface area contributed by atoms with Crippen LogP contribution in [0.3, 0.4) is 0 Å². The predicted octanol–water partition coefficient (Wildman–Crippen LogP) is 2.45. The molecule has 1 aromatic rings. The number of rotatable bonds is 7. The van der Waals surface area contributed by atoms with E-state index in [0.717, 1.165) is 23.1 Å². The zero-order valence-corrected chi connectivity index (χ0v) is 13.2. The summed E-state index contributed by atoms with van der Waals surface area (Å²) < 4.78 is 6.49. The molecule has 4 nitrogen and oxygen atoms in total. The Hall–Kier alpha value is -1.07. The Bertz CT molecular complexity index is 435. The zero-order valence-electron chi connectivity index (χ0n) is 11.6. The van der Waals surface area contributed by atoms with Crippen LogP contribution in [0.15, 0.2) is 22.7 Å². The number of benzene rings is 1. The minimum atomic E-state index is -0.627. The molecular weight excluding hydrogens is 308 g/mol. The van der Waals surface area contributed by atoms with Gasteiger partial charge in [0.1, 0.15) is 5.75 Å². The molecule has 0 aliphatic heterocycles. The molecular formula is C14H21BrN2O2. The van der Waals surface area contributed by atoms with Gasteiger partial charge in [-0.15, -0.1) is 0 Å². The average Bonchev–Trinajstić information content (AvgIpc) is 2.32. The Labute approximate surface area is 122 Å². The number of halogens is 1. The summed E-state index contributed by atoms with van der Waals surface area (Å²) in [7, 11) is 0. The Morgan fingerprint density at radius 2 is 2.11 bits per heavy atom. The molecule has 5 heteroatoms. The molecule has 1 atom stereocenters. The number of hydrogen-bond donors (Lipinski definition) is 2. The van der Waals surface area contributed by atoms with Crippen molar-refractivity contribution >= 4 is 21.8 Å². The molecule has 1 aromatic carbocycles. The second kappa shape index (κ2) is 7.50. The fourth-order valence-electron chi connectivity index (χ4n) is 1.52. The molecule has 1 unspecified atom stereocenters.